The molecule has 18 nitrogen and oxygen atoms in total. The van der Waals surface area contributed by atoms with Gasteiger partial charge in [-0.15, -0.1) is 0 Å². The molecule has 18 heteroatoms. The van der Waals surface area contributed by atoms with E-state index >= 15 is 0 Å². The molecule has 2 heterocycles. The maximum absolute atomic E-state index is 14.8. The number of rotatable bonds is 23. The first-order valence-electron chi connectivity index (χ1n) is 24.9. The van der Waals surface area contributed by atoms with Crippen LogP contribution in [-0.4, -0.2) is 116 Å². The van der Waals surface area contributed by atoms with Crippen molar-refractivity contribution < 1.29 is 33.4 Å². The van der Waals surface area contributed by atoms with Crippen molar-refractivity contribution in [2.75, 3.05) is 51.8 Å². The number of methoxy groups -OCH3 is 1. The van der Waals surface area contributed by atoms with Gasteiger partial charge in [0.1, 0.15) is 23.9 Å². The molecule has 72 heavy (non-hydrogen) atoms. The minimum absolute atomic E-state index is 0.0432. The normalized spacial score (nSPS) is 17.1. The highest BCUT2D eigenvalue weighted by molar-refractivity contribution is 5.98. The minimum Gasteiger partial charge on any atom is -0.497 e. The molecular weight excluding hydrogens is 915 g/mol. The van der Waals surface area contributed by atoms with Crippen molar-refractivity contribution in [1.29, 1.82) is 0 Å². The number of nitrogens with two attached hydrogens (primary N) is 3. The number of ether oxygens (including phenoxy) is 2. The Labute approximate surface area is 420 Å². The lowest BCUT2D eigenvalue weighted by Crippen LogP contribution is -2.58. The first-order chi connectivity index (χ1) is 34.9. The van der Waals surface area contributed by atoms with Crippen molar-refractivity contribution in [3.8, 4) is 16.9 Å². The largest absolute Gasteiger partial charge is 0.497 e. The summed E-state index contributed by atoms with van der Waals surface area (Å²) in [5.41, 5.74) is 23.3. The topological polar surface area (TPSA) is 273 Å². The van der Waals surface area contributed by atoms with Crippen LogP contribution in [0.2, 0.25) is 0 Å². The second kappa shape index (κ2) is 26.2. The van der Waals surface area contributed by atoms with Gasteiger partial charge in [0.25, 0.3) is 0 Å². The average molecular weight is 984 g/mol. The van der Waals surface area contributed by atoms with Crippen LogP contribution in [0.15, 0.2) is 108 Å². The molecular formula is C54H69N11O7. The van der Waals surface area contributed by atoms with Gasteiger partial charge in [-0.2, -0.15) is 0 Å². The predicted molar refractivity (Wildman–Crippen MR) is 279 cm³/mol. The molecule has 0 unspecified atom stereocenters. The van der Waals surface area contributed by atoms with Gasteiger partial charge in [0.2, 0.25) is 29.5 Å². The van der Waals surface area contributed by atoms with Crippen LogP contribution in [0.3, 0.4) is 0 Å². The van der Waals surface area contributed by atoms with E-state index in [0.717, 1.165) is 71.2 Å². The monoisotopic (exact) mass is 984 g/mol. The third kappa shape index (κ3) is 15.6. The van der Waals surface area contributed by atoms with Crippen molar-refractivity contribution in [2.24, 2.45) is 28.1 Å². The summed E-state index contributed by atoms with van der Waals surface area (Å²) in [7, 11) is 1.57. The zero-order valence-corrected chi connectivity index (χ0v) is 41.0. The number of hydrogen-bond acceptors (Lipinski definition) is 10. The SMILES string of the molecule is COc1ccc2[nH]cc(C[C@H](NC(=O)[C@H]3CCC[C@H](N)C3)C(=O)N[C@@H](Cc3ccc(-c4ccccc4)cc3)C(=O)N[C@@H](CCCCN=C(N)N)C(=O)NCC(=O)Nc3ccc(CN4CCOCC4)cc3)c2c1. The van der Waals surface area contributed by atoms with Crippen LogP contribution in [0, 0.1) is 5.92 Å². The van der Waals surface area contributed by atoms with Gasteiger partial charge in [0, 0.05) is 73.8 Å². The number of morpholine rings is 1. The summed E-state index contributed by atoms with van der Waals surface area (Å²) >= 11 is 0. The van der Waals surface area contributed by atoms with E-state index in [1.165, 1.54) is 0 Å². The average Bonchev–Trinajstić information content (AvgIpc) is 3.79. The number of fused-ring (bicyclic) bond motifs is 1. The van der Waals surface area contributed by atoms with Gasteiger partial charge in [0.05, 0.1) is 26.9 Å². The lowest BCUT2D eigenvalue weighted by molar-refractivity contribution is -0.134. The lowest BCUT2D eigenvalue weighted by atomic mass is 9.85. The Morgan fingerprint density at radius 3 is 2.19 bits per heavy atom. The van der Waals surface area contributed by atoms with Crippen LogP contribution in [-0.2, 0) is 48.1 Å². The zero-order valence-electron chi connectivity index (χ0n) is 41.0. The maximum Gasteiger partial charge on any atom is 0.243 e. The molecule has 1 aliphatic carbocycles. The van der Waals surface area contributed by atoms with Crippen molar-refractivity contribution in [3.63, 3.8) is 0 Å². The molecule has 0 spiro atoms. The molecule has 0 bridgehead atoms. The number of nitrogens with one attached hydrogen (secondary N) is 6. The number of hydrogen-bond donors (Lipinski definition) is 9. The van der Waals surface area contributed by atoms with E-state index in [-0.39, 0.29) is 49.6 Å². The fourth-order valence-corrected chi connectivity index (χ4v) is 9.24. The van der Waals surface area contributed by atoms with Crippen molar-refractivity contribution in [2.45, 2.75) is 88.5 Å². The number of aliphatic imine (C=N–C) groups is 1. The number of unbranched alkanes of at least 4 members (excludes halogenated alkanes) is 1. The van der Waals surface area contributed by atoms with Crippen LogP contribution in [0.1, 0.15) is 61.6 Å². The van der Waals surface area contributed by atoms with Crippen LogP contribution in [0.5, 0.6) is 5.75 Å². The molecule has 5 atom stereocenters. The van der Waals surface area contributed by atoms with Gasteiger partial charge >= 0.3 is 0 Å². The molecule has 2 fully saturated rings. The lowest BCUT2D eigenvalue weighted by Gasteiger charge is -2.29. The van der Waals surface area contributed by atoms with Gasteiger partial charge in [-0.25, -0.2) is 0 Å². The summed E-state index contributed by atoms with van der Waals surface area (Å²) in [4.78, 5) is 80.2. The van der Waals surface area contributed by atoms with Crippen molar-refractivity contribution >= 4 is 52.1 Å². The smallest absolute Gasteiger partial charge is 0.243 e. The van der Waals surface area contributed by atoms with E-state index in [1.807, 2.05) is 97.1 Å². The Morgan fingerprint density at radius 2 is 1.49 bits per heavy atom. The van der Waals surface area contributed by atoms with Crippen LogP contribution < -0.4 is 48.5 Å². The Kier molecular flexibility index (Phi) is 19.2. The van der Waals surface area contributed by atoms with Crippen molar-refractivity contribution in [1.82, 2.24) is 31.2 Å². The molecule has 4 aromatic carbocycles. The molecule has 2 aliphatic rings. The standard InChI is InChI=1S/C54H69N11O7/c1-71-43-21-22-45-44(31-43)40(32-59-45)30-48(63-50(67)39-10-7-11-41(55)29-39)53(70)64-47(28-35-13-17-38(18-14-35)37-8-3-2-4-9-37)52(69)62-46(12-5-6-23-58-54(56)57)51(68)60-33-49(66)61-42-19-15-36(16-20-42)34-65-24-26-72-27-25-65/h2-4,8-9,13-22,31-32,39,41,46-48,59H,5-7,10-12,23-30,33-34,55H2,1H3,(H,60,68)(H,61,66)(H,62,69)(H,63,67)(H,64,70)(H4,56,57,58)/t39-,41-,46-,47-,48-/m0/s1. The van der Waals surface area contributed by atoms with E-state index in [2.05, 4.69) is 41.5 Å². The van der Waals surface area contributed by atoms with Gasteiger partial charge in [-0.05, 0) is 96.7 Å². The summed E-state index contributed by atoms with van der Waals surface area (Å²) in [6.07, 6.45) is 5.78. The maximum atomic E-state index is 14.8. The number of benzene rings is 4. The highest BCUT2D eigenvalue weighted by Crippen LogP contribution is 2.27. The first-order valence-corrected chi connectivity index (χ1v) is 24.9. The number of anilines is 1. The number of aromatic amines is 1. The second-order valence-corrected chi connectivity index (χ2v) is 18.7. The number of carbonyl (C=O) groups is 5. The Hall–Kier alpha value is -7.28. The van der Waals surface area contributed by atoms with Gasteiger partial charge in [-0.1, -0.05) is 73.2 Å². The first kappa shape index (κ1) is 52.5. The summed E-state index contributed by atoms with van der Waals surface area (Å²) in [6, 6.07) is 27.1. The summed E-state index contributed by atoms with van der Waals surface area (Å²) < 4.78 is 11.0. The van der Waals surface area contributed by atoms with E-state index < -0.39 is 41.8 Å². The van der Waals surface area contributed by atoms with E-state index in [1.54, 1.807) is 13.3 Å². The molecule has 12 N–H and O–H groups in total. The fraction of sp³-hybridized carbons (Fsp3) is 0.407. The Morgan fingerprint density at radius 1 is 0.792 bits per heavy atom. The molecule has 0 radical (unpaired) electrons. The fourth-order valence-electron chi connectivity index (χ4n) is 9.24. The van der Waals surface area contributed by atoms with Crippen LogP contribution >= 0.6 is 0 Å². The number of guanidine groups is 1. The quantitative estimate of drug-likeness (QED) is 0.0259. The molecule has 1 aliphatic heterocycles. The minimum atomic E-state index is -1.21. The third-order valence-corrected chi connectivity index (χ3v) is 13.3. The molecule has 7 rings (SSSR count). The summed E-state index contributed by atoms with van der Waals surface area (Å²) in [5, 5.41) is 15.2. The summed E-state index contributed by atoms with van der Waals surface area (Å²) in [6.45, 7) is 3.82. The zero-order chi connectivity index (χ0) is 50.8. The molecule has 1 aromatic heterocycles. The number of nitrogens with zero attached hydrogens (tertiary/aromatic N) is 2. The molecule has 382 valence electrons. The van der Waals surface area contributed by atoms with Gasteiger partial charge in [-0.3, -0.25) is 33.9 Å². The predicted octanol–water partition coefficient (Wildman–Crippen LogP) is 3.63. The number of aromatic nitrogens is 1. The molecule has 5 aromatic rings. The van der Waals surface area contributed by atoms with Gasteiger partial charge < -0.3 is 58.2 Å². The van der Waals surface area contributed by atoms with Crippen LogP contribution in [0.4, 0.5) is 5.69 Å². The van der Waals surface area contributed by atoms with E-state index in [0.29, 0.717) is 56.9 Å². The molecule has 1 saturated heterocycles. The second-order valence-electron chi connectivity index (χ2n) is 18.7. The van der Waals surface area contributed by atoms with Crippen molar-refractivity contribution in [3.05, 3.63) is 120 Å². The van der Waals surface area contributed by atoms with Gasteiger partial charge in [0.15, 0.2) is 5.96 Å². The summed E-state index contributed by atoms with van der Waals surface area (Å²) in [5.74, 6) is -2.39. The molecule has 1 saturated carbocycles. The molecule has 5 amide bonds. The Balaban J connectivity index is 1.10. The highest BCUT2D eigenvalue weighted by Gasteiger charge is 2.33. The third-order valence-electron chi connectivity index (χ3n) is 13.3. The number of carbonyl (C=O) groups excluding carboxylic acids is 5. The highest BCUT2D eigenvalue weighted by atomic mass is 16.5. The number of H-pyrrole nitrogens is 1. The Bertz CT molecular complexity index is 2610. The van der Waals surface area contributed by atoms with E-state index in [4.69, 9.17) is 26.7 Å². The van der Waals surface area contributed by atoms with E-state index in [9.17, 15) is 24.0 Å². The number of amides is 5. The van der Waals surface area contributed by atoms with Crippen LogP contribution in [0.25, 0.3) is 22.0 Å².